The molecule has 0 saturated heterocycles. The molecule has 34 heavy (non-hydrogen) atoms. The van der Waals surface area contributed by atoms with E-state index < -0.39 is 40.2 Å². The van der Waals surface area contributed by atoms with Gasteiger partial charge in [0.05, 0.1) is 44.2 Å². The van der Waals surface area contributed by atoms with Gasteiger partial charge in [-0.2, -0.15) is 18.3 Å². The molecule has 2 aromatic carbocycles. The summed E-state index contributed by atoms with van der Waals surface area (Å²) in [7, 11) is 0. The van der Waals surface area contributed by atoms with E-state index in [0.717, 1.165) is 30.5 Å². The number of pyridine rings is 1. The van der Waals surface area contributed by atoms with Crippen molar-refractivity contribution in [2.24, 2.45) is 0 Å². The van der Waals surface area contributed by atoms with Crippen LogP contribution in [-0.4, -0.2) is 26.6 Å². The Hall–Kier alpha value is -3.86. The van der Waals surface area contributed by atoms with Gasteiger partial charge >= 0.3 is 6.18 Å². The van der Waals surface area contributed by atoms with E-state index in [2.05, 4.69) is 10.1 Å². The molecule has 0 fully saturated rings. The smallest absolute Gasteiger partial charge is 0.268 e. The van der Waals surface area contributed by atoms with E-state index in [0.29, 0.717) is 11.0 Å². The van der Waals surface area contributed by atoms with Gasteiger partial charge in [-0.3, -0.25) is 9.59 Å². The van der Waals surface area contributed by atoms with Crippen LogP contribution in [0, 0.1) is 18.6 Å². The van der Waals surface area contributed by atoms with Crippen LogP contribution in [0.1, 0.15) is 32.0 Å². The van der Waals surface area contributed by atoms with Gasteiger partial charge < -0.3 is 0 Å². The molecule has 0 aliphatic carbocycles. The summed E-state index contributed by atoms with van der Waals surface area (Å²) in [6.07, 6.45) is -3.71. The molecule has 1 aliphatic heterocycles. The Kier molecular flexibility index (Phi) is 4.73. The average Bonchev–Trinajstić information content (AvgIpc) is 3.24. The lowest BCUT2D eigenvalue weighted by molar-refractivity contribution is -0.137. The van der Waals surface area contributed by atoms with Crippen molar-refractivity contribution < 1.29 is 31.5 Å². The van der Waals surface area contributed by atoms with Gasteiger partial charge in [-0.05, 0) is 37.3 Å². The standard InChI is InChI=1S/C22H10ClF5N4O2/c1-9-17-18-12(8-29-19(17)32(30-9)11-3-5-15(24)16(25)7-11)20(33)31(21(18)34)10-2-4-14(23)13(6-10)22(26,27)28/h2-8H,1H3. The zero-order chi connectivity index (χ0) is 24.5. The van der Waals surface area contributed by atoms with Crippen molar-refractivity contribution in [3.63, 3.8) is 0 Å². The molecular formula is C22H10ClF5N4O2. The first-order valence-electron chi connectivity index (χ1n) is 9.58. The lowest BCUT2D eigenvalue weighted by atomic mass is 10.1. The van der Waals surface area contributed by atoms with Gasteiger partial charge in [-0.1, -0.05) is 11.6 Å². The summed E-state index contributed by atoms with van der Waals surface area (Å²) in [5.74, 6) is -3.94. The van der Waals surface area contributed by atoms with Crippen molar-refractivity contribution in [1.29, 1.82) is 0 Å². The molecule has 172 valence electrons. The highest BCUT2D eigenvalue weighted by Gasteiger charge is 2.41. The number of halogens is 6. The van der Waals surface area contributed by atoms with Gasteiger partial charge in [-0.25, -0.2) is 23.3 Å². The van der Waals surface area contributed by atoms with E-state index in [-0.39, 0.29) is 39.2 Å². The average molecular weight is 493 g/mol. The summed E-state index contributed by atoms with van der Waals surface area (Å²) in [5.41, 5.74) is -1.31. The van der Waals surface area contributed by atoms with Gasteiger partial charge in [0.1, 0.15) is 0 Å². The molecule has 1 aliphatic rings. The molecule has 0 unspecified atom stereocenters. The first-order valence-corrected chi connectivity index (χ1v) is 9.96. The summed E-state index contributed by atoms with van der Waals surface area (Å²) >= 11 is 5.65. The predicted octanol–water partition coefficient (Wildman–Crippen LogP) is 5.48. The van der Waals surface area contributed by atoms with Crippen molar-refractivity contribution in [3.05, 3.63) is 81.6 Å². The van der Waals surface area contributed by atoms with Crippen molar-refractivity contribution in [2.45, 2.75) is 13.1 Å². The van der Waals surface area contributed by atoms with Crippen LogP contribution in [0.15, 0.2) is 42.6 Å². The van der Waals surface area contributed by atoms with Crippen molar-refractivity contribution in [2.75, 3.05) is 4.90 Å². The van der Waals surface area contributed by atoms with Crippen LogP contribution in [0.5, 0.6) is 0 Å². The zero-order valence-electron chi connectivity index (χ0n) is 16.9. The van der Waals surface area contributed by atoms with Crippen molar-refractivity contribution >= 4 is 40.1 Å². The molecule has 0 radical (unpaired) electrons. The monoisotopic (exact) mass is 492 g/mol. The number of alkyl halides is 3. The maximum absolute atomic E-state index is 13.8. The first-order chi connectivity index (χ1) is 16.0. The van der Waals surface area contributed by atoms with Crippen LogP contribution in [0.25, 0.3) is 16.7 Å². The van der Waals surface area contributed by atoms with Gasteiger partial charge in [0, 0.05) is 12.3 Å². The van der Waals surface area contributed by atoms with Crippen LogP contribution < -0.4 is 4.90 Å². The summed E-state index contributed by atoms with van der Waals surface area (Å²) in [4.78, 5) is 31.1. The summed E-state index contributed by atoms with van der Waals surface area (Å²) in [6, 6.07) is 5.74. The maximum atomic E-state index is 13.8. The fraction of sp³-hybridized carbons (Fsp3) is 0.0909. The summed E-state index contributed by atoms with van der Waals surface area (Å²) < 4.78 is 68.2. The molecular weight excluding hydrogens is 483 g/mol. The number of nitrogens with zero attached hydrogens (tertiary/aromatic N) is 4. The fourth-order valence-electron chi connectivity index (χ4n) is 3.86. The number of hydrogen-bond acceptors (Lipinski definition) is 4. The molecule has 0 bridgehead atoms. The van der Waals surface area contributed by atoms with Gasteiger partial charge in [0.15, 0.2) is 17.3 Å². The highest BCUT2D eigenvalue weighted by atomic mass is 35.5. The van der Waals surface area contributed by atoms with E-state index in [4.69, 9.17) is 11.6 Å². The third kappa shape index (κ3) is 3.15. The SMILES string of the molecule is Cc1nn(-c2ccc(F)c(F)c2)c2ncc3c(c12)C(=O)N(c1ccc(Cl)c(C(F)(F)F)c1)C3=O. The summed E-state index contributed by atoms with van der Waals surface area (Å²) in [6.45, 7) is 1.52. The molecule has 3 heterocycles. The number of hydrogen-bond donors (Lipinski definition) is 0. The van der Waals surface area contributed by atoms with Crippen molar-refractivity contribution in [3.8, 4) is 5.69 Å². The molecule has 5 rings (SSSR count). The minimum Gasteiger partial charge on any atom is -0.268 e. The van der Waals surface area contributed by atoms with Gasteiger partial charge in [0.25, 0.3) is 11.8 Å². The second-order valence-electron chi connectivity index (χ2n) is 7.45. The third-order valence-electron chi connectivity index (χ3n) is 5.38. The van der Waals surface area contributed by atoms with E-state index in [1.165, 1.54) is 17.7 Å². The Bertz CT molecular complexity index is 1550. The number of amides is 2. The lowest BCUT2D eigenvalue weighted by Gasteiger charge is -2.17. The molecule has 0 atom stereocenters. The molecule has 0 N–H and O–H groups in total. The minimum atomic E-state index is -4.80. The van der Waals surface area contributed by atoms with Crippen molar-refractivity contribution in [1.82, 2.24) is 14.8 Å². The Labute approximate surface area is 192 Å². The second-order valence-corrected chi connectivity index (χ2v) is 7.86. The first kappa shape index (κ1) is 22.0. The molecule has 0 spiro atoms. The molecule has 6 nitrogen and oxygen atoms in total. The molecule has 12 heteroatoms. The number of anilines is 1. The molecule has 2 amide bonds. The summed E-state index contributed by atoms with van der Waals surface area (Å²) in [5, 5.41) is 3.82. The highest BCUT2D eigenvalue weighted by molar-refractivity contribution is 6.37. The Morgan fingerprint density at radius 2 is 1.65 bits per heavy atom. The number of aryl methyl sites for hydroxylation is 1. The second kappa shape index (κ2) is 7.32. The van der Waals surface area contributed by atoms with E-state index >= 15 is 0 Å². The topological polar surface area (TPSA) is 68.1 Å². The van der Waals surface area contributed by atoms with Crippen LogP contribution in [-0.2, 0) is 6.18 Å². The number of rotatable bonds is 2. The van der Waals surface area contributed by atoms with Gasteiger partial charge in [0.2, 0.25) is 0 Å². The highest BCUT2D eigenvalue weighted by Crippen LogP contribution is 2.40. The fourth-order valence-corrected chi connectivity index (χ4v) is 4.09. The lowest BCUT2D eigenvalue weighted by Crippen LogP contribution is -2.29. The number of fused-ring (bicyclic) bond motifs is 3. The number of imide groups is 1. The zero-order valence-corrected chi connectivity index (χ0v) is 17.7. The normalized spacial score (nSPS) is 13.8. The predicted molar refractivity (Wildman–Crippen MR) is 111 cm³/mol. The Balaban J connectivity index is 1.67. The molecule has 4 aromatic rings. The molecule has 0 saturated carbocycles. The van der Waals surface area contributed by atoms with E-state index in [1.807, 2.05) is 0 Å². The largest absolute Gasteiger partial charge is 0.417 e. The number of carbonyl (C=O) groups excluding carboxylic acids is 2. The Morgan fingerprint density at radius 3 is 2.32 bits per heavy atom. The maximum Gasteiger partial charge on any atom is 0.417 e. The number of carbonyl (C=O) groups is 2. The van der Waals surface area contributed by atoms with Crippen LogP contribution >= 0.6 is 11.6 Å². The number of aromatic nitrogens is 3. The minimum absolute atomic E-state index is 0.0809. The van der Waals surface area contributed by atoms with E-state index in [1.54, 1.807) is 0 Å². The Morgan fingerprint density at radius 1 is 0.941 bits per heavy atom. The quantitative estimate of drug-likeness (QED) is 0.274. The number of benzene rings is 2. The van der Waals surface area contributed by atoms with Crippen LogP contribution in [0.2, 0.25) is 5.02 Å². The third-order valence-corrected chi connectivity index (χ3v) is 5.71. The molecule has 2 aromatic heterocycles. The van der Waals surface area contributed by atoms with Crippen LogP contribution in [0.4, 0.5) is 27.6 Å². The van der Waals surface area contributed by atoms with Gasteiger partial charge in [-0.15, -0.1) is 0 Å². The van der Waals surface area contributed by atoms with E-state index in [9.17, 15) is 31.5 Å². The van der Waals surface area contributed by atoms with Crippen LogP contribution in [0.3, 0.4) is 0 Å².